The van der Waals surface area contributed by atoms with Gasteiger partial charge in [0.25, 0.3) is 5.91 Å². The average molecular weight is 240 g/mol. The third-order valence-corrected chi connectivity index (χ3v) is 2.55. The van der Waals surface area contributed by atoms with Gasteiger partial charge in [-0.1, -0.05) is 0 Å². The zero-order chi connectivity index (χ0) is 12.0. The summed E-state index contributed by atoms with van der Waals surface area (Å²) in [6, 6.07) is 1.90. The maximum Gasteiger partial charge on any atom is 0.252 e. The van der Waals surface area contributed by atoms with Crippen LogP contribution in [0.2, 0.25) is 0 Å². The number of carbonyl (C=O) groups excluding carboxylic acids is 2. The molecule has 4 nitrogen and oxygen atoms in total. The van der Waals surface area contributed by atoms with Crippen molar-refractivity contribution in [2.75, 3.05) is 6.54 Å². The van der Waals surface area contributed by atoms with Crippen LogP contribution < -0.4 is 10.6 Å². The van der Waals surface area contributed by atoms with Gasteiger partial charge in [0, 0.05) is 30.0 Å². The van der Waals surface area contributed by atoms with Gasteiger partial charge < -0.3 is 10.6 Å². The number of rotatable bonds is 5. The van der Waals surface area contributed by atoms with E-state index in [4.69, 9.17) is 0 Å². The molecule has 0 saturated heterocycles. The molecular formula is C11H16N2O2S. The summed E-state index contributed by atoms with van der Waals surface area (Å²) in [5, 5.41) is 9.09. The van der Waals surface area contributed by atoms with E-state index < -0.39 is 0 Å². The van der Waals surface area contributed by atoms with Crippen LogP contribution in [0.15, 0.2) is 16.8 Å². The summed E-state index contributed by atoms with van der Waals surface area (Å²) in [4.78, 5) is 22.7. The van der Waals surface area contributed by atoms with Crippen molar-refractivity contribution in [3.63, 3.8) is 0 Å². The largest absolute Gasteiger partial charge is 0.354 e. The lowest BCUT2D eigenvalue weighted by molar-refractivity contribution is -0.121. The van der Waals surface area contributed by atoms with Crippen LogP contribution in [0.25, 0.3) is 0 Å². The molecule has 0 bridgehead atoms. The fourth-order valence-electron chi connectivity index (χ4n) is 1.18. The number of hydrogen-bond donors (Lipinski definition) is 2. The first-order valence-corrected chi connectivity index (χ1v) is 6.13. The van der Waals surface area contributed by atoms with Crippen molar-refractivity contribution in [2.24, 2.45) is 0 Å². The molecule has 1 heterocycles. The van der Waals surface area contributed by atoms with E-state index >= 15 is 0 Å². The van der Waals surface area contributed by atoms with Gasteiger partial charge in [-0.2, -0.15) is 11.3 Å². The van der Waals surface area contributed by atoms with E-state index in [0.717, 1.165) is 0 Å². The van der Waals surface area contributed by atoms with Crippen LogP contribution >= 0.6 is 11.3 Å². The molecule has 0 aromatic carbocycles. The molecule has 2 N–H and O–H groups in total. The van der Waals surface area contributed by atoms with Gasteiger partial charge >= 0.3 is 0 Å². The second-order valence-electron chi connectivity index (χ2n) is 3.74. The molecule has 0 fully saturated rings. The lowest BCUT2D eigenvalue weighted by Crippen LogP contribution is -2.34. The molecule has 16 heavy (non-hydrogen) atoms. The molecule has 0 radical (unpaired) electrons. The maximum atomic E-state index is 11.5. The van der Waals surface area contributed by atoms with Gasteiger partial charge in [0.1, 0.15) is 0 Å². The second-order valence-corrected chi connectivity index (χ2v) is 4.52. The maximum absolute atomic E-state index is 11.5. The zero-order valence-electron chi connectivity index (χ0n) is 9.45. The molecule has 0 aliphatic heterocycles. The Balaban J connectivity index is 2.21. The Morgan fingerprint density at radius 2 is 2.19 bits per heavy atom. The predicted octanol–water partition coefficient (Wildman–Crippen LogP) is 1.39. The first kappa shape index (κ1) is 12.7. The molecule has 0 aliphatic rings. The second kappa shape index (κ2) is 6.27. The van der Waals surface area contributed by atoms with Crippen LogP contribution in [-0.2, 0) is 4.79 Å². The quantitative estimate of drug-likeness (QED) is 0.817. The molecule has 0 atom stereocenters. The van der Waals surface area contributed by atoms with Crippen LogP contribution in [0.4, 0.5) is 0 Å². The van der Waals surface area contributed by atoms with Crippen molar-refractivity contribution in [3.8, 4) is 0 Å². The summed E-state index contributed by atoms with van der Waals surface area (Å²) < 4.78 is 0. The Morgan fingerprint density at radius 1 is 1.44 bits per heavy atom. The van der Waals surface area contributed by atoms with E-state index in [9.17, 15) is 9.59 Å². The third-order valence-electron chi connectivity index (χ3n) is 1.87. The Hall–Kier alpha value is -1.36. The normalized spacial score (nSPS) is 10.2. The first-order valence-electron chi connectivity index (χ1n) is 5.19. The van der Waals surface area contributed by atoms with Gasteiger partial charge in [0.2, 0.25) is 5.91 Å². The summed E-state index contributed by atoms with van der Waals surface area (Å²) in [6.45, 7) is 4.18. The topological polar surface area (TPSA) is 58.2 Å². The highest BCUT2D eigenvalue weighted by atomic mass is 32.1. The molecule has 2 amide bonds. The molecule has 1 aromatic heterocycles. The average Bonchev–Trinajstić information content (AvgIpc) is 2.68. The van der Waals surface area contributed by atoms with Crippen LogP contribution in [0.3, 0.4) is 0 Å². The van der Waals surface area contributed by atoms with E-state index in [-0.39, 0.29) is 17.9 Å². The molecule has 1 rings (SSSR count). The number of amides is 2. The van der Waals surface area contributed by atoms with Crippen molar-refractivity contribution in [1.82, 2.24) is 10.6 Å². The molecule has 1 aromatic rings. The molecule has 5 heteroatoms. The van der Waals surface area contributed by atoms with Crippen molar-refractivity contribution in [3.05, 3.63) is 22.4 Å². The van der Waals surface area contributed by atoms with Gasteiger partial charge in [0.15, 0.2) is 0 Å². The van der Waals surface area contributed by atoms with Crippen molar-refractivity contribution < 1.29 is 9.59 Å². The van der Waals surface area contributed by atoms with Crippen LogP contribution in [0, 0.1) is 0 Å². The van der Waals surface area contributed by atoms with Gasteiger partial charge in [-0.05, 0) is 25.3 Å². The van der Waals surface area contributed by atoms with E-state index in [1.807, 2.05) is 19.2 Å². The Kier molecular flexibility index (Phi) is 4.98. The van der Waals surface area contributed by atoms with Gasteiger partial charge in [0.05, 0.1) is 0 Å². The van der Waals surface area contributed by atoms with E-state index in [2.05, 4.69) is 10.6 Å². The monoisotopic (exact) mass is 240 g/mol. The van der Waals surface area contributed by atoms with Gasteiger partial charge in [-0.25, -0.2) is 0 Å². The summed E-state index contributed by atoms with van der Waals surface area (Å²) >= 11 is 1.48. The van der Waals surface area contributed by atoms with E-state index in [1.165, 1.54) is 11.3 Å². The van der Waals surface area contributed by atoms with Crippen molar-refractivity contribution in [2.45, 2.75) is 26.3 Å². The predicted molar refractivity (Wildman–Crippen MR) is 64.5 cm³/mol. The number of carbonyl (C=O) groups is 2. The number of thiophene rings is 1. The fraction of sp³-hybridized carbons (Fsp3) is 0.455. The Morgan fingerprint density at radius 3 is 2.75 bits per heavy atom. The highest BCUT2D eigenvalue weighted by Crippen LogP contribution is 2.04. The lowest BCUT2D eigenvalue weighted by Gasteiger charge is -2.08. The number of nitrogens with one attached hydrogen (secondary N) is 2. The minimum absolute atomic E-state index is 0.0411. The highest BCUT2D eigenvalue weighted by molar-refractivity contribution is 7.08. The van der Waals surface area contributed by atoms with E-state index in [1.54, 1.807) is 11.4 Å². The zero-order valence-corrected chi connectivity index (χ0v) is 10.3. The smallest absolute Gasteiger partial charge is 0.252 e. The molecular weight excluding hydrogens is 224 g/mol. The SMILES string of the molecule is CC(C)NC(=O)CCNC(=O)c1ccsc1. The van der Waals surface area contributed by atoms with Crippen molar-refractivity contribution >= 4 is 23.2 Å². The highest BCUT2D eigenvalue weighted by Gasteiger charge is 2.07. The molecule has 0 aliphatic carbocycles. The van der Waals surface area contributed by atoms with Gasteiger partial charge in [-0.15, -0.1) is 0 Å². The first-order chi connectivity index (χ1) is 7.59. The van der Waals surface area contributed by atoms with Crippen LogP contribution in [0.1, 0.15) is 30.6 Å². The standard InChI is InChI=1S/C11H16N2O2S/c1-8(2)13-10(14)3-5-12-11(15)9-4-6-16-7-9/h4,6-8H,3,5H2,1-2H3,(H,12,15)(H,13,14). The molecule has 88 valence electrons. The minimum Gasteiger partial charge on any atom is -0.354 e. The molecule has 0 unspecified atom stereocenters. The van der Waals surface area contributed by atoms with Crippen LogP contribution in [0.5, 0.6) is 0 Å². The fourth-order valence-corrected chi connectivity index (χ4v) is 1.82. The van der Waals surface area contributed by atoms with Crippen molar-refractivity contribution in [1.29, 1.82) is 0 Å². The van der Waals surface area contributed by atoms with Gasteiger partial charge in [-0.3, -0.25) is 9.59 Å². The summed E-state index contributed by atoms with van der Waals surface area (Å²) in [7, 11) is 0. The summed E-state index contributed by atoms with van der Waals surface area (Å²) in [5.74, 6) is -0.167. The molecule has 0 saturated carbocycles. The summed E-state index contributed by atoms with van der Waals surface area (Å²) in [6.07, 6.45) is 0.314. The Bertz CT molecular complexity index is 347. The number of hydrogen-bond acceptors (Lipinski definition) is 3. The third kappa shape index (κ3) is 4.44. The molecule has 0 spiro atoms. The minimum atomic E-state index is -0.126. The van der Waals surface area contributed by atoms with E-state index in [0.29, 0.717) is 18.5 Å². The summed E-state index contributed by atoms with van der Waals surface area (Å²) in [5.41, 5.74) is 0.647. The lowest BCUT2D eigenvalue weighted by atomic mass is 10.3. The van der Waals surface area contributed by atoms with Crippen LogP contribution in [-0.4, -0.2) is 24.4 Å². The Labute approximate surface area is 99.0 Å².